The van der Waals surface area contributed by atoms with Crippen LogP contribution in [0.25, 0.3) is 0 Å². The van der Waals surface area contributed by atoms with Gasteiger partial charge in [-0.25, -0.2) is 0 Å². The van der Waals surface area contributed by atoms with E-state index in [0.717, 1.165) is 23.6 Å². The van der Waals surface area contributed by atoms with E-state index in [1.807, 2.05) is 19.1 Å². The highest BCUT2D eigenvalue weighted by atomic mass is 35.5. The molecule has 0 radical (unpaired) electrons. The third-order valence-corrected chi connectivity index (χ3v) is 3.16. The number of aliphatic hydroxyl groups excluding tert-OH is 1. The Hall–Kier alpha value is -0.320. The van der Waals surface area contributed by atoms with Gasteiger partial charge < -0.3 is 15.2 Å². The molecule has 0 fully saturated rings. The third kappa shape index (κ3) is 5.55. The number of ether oxygens (including phenoxy) is 1. The van der Waals surface area contributed by atoms with Crippen LogP contribution in [0.4, 0.5) is 0 Å². The molecule has 18 heavy (non-hydrogen) atoms. The van der Waals surface area contributed by atoms with Crippen molar-refractivity contribution in [1.82, 2.24) is 5.32 Å². The molecule has 0 heterocycles. The van der Waals surface area contributed by atoms with Crippen molar-refractivity contribution in [3.8, 4) is 0 Å². The van der Waals surface area contributed by atoms with Gasteiger partial charge in [-0.1, -0.05) is 23.2 Å². The molecule has 1 aromatic rings. The number of nitrogens with one attached hydrogen (secondary N) is 1. The fraction of sp³-hybridized carbons (Fsp3) is 0.538. The summed E-state index contributed by atoms with van der Waals surface area (Å²) in [5, 5.41) is 13.3. The standard InChI is InChI=1S/C13H19Cl2NO2/c1-10(16-5-2-7-18-8-6-17)12-9-11(14)3-4-13(12)15/h3-4,9-10,16-17H,2,5-8H2,1H3. The molecule has 0 aliphatic carbocycles. The predicted molar refractivity (Wildman–Crippen MR) is 75.4 cm³/mol. The van der Waals surface area contributed by atoms with Gasteiger partial charge in [0.2, 0.25) is 0 Å². The van der Waals surface area contributed by atoms with Gasteiger partial charge in [-0.15, -0.1) is 0 Å². The molecule has 0 amide bonds. The highest BCUT2D eigenvalue weighted by molar-refractivity contribution is 6.33. The molecule has 0 spiro atoms. The number of hydrogen-bond donors (Lipinski definition) is 2. The van der Waals surface area contributed by atoms with Gasteiger partial charge in [-0.05, 0) is 43.7 Å². The fourth-order valence-corrected chi connectivity index (χ4v) is 2.08. The topological polar surface area (TPSA) is 41.5 Å². The van der Waals surface area contributed by atoms with E-state index in [0.29, 0.717) is 18.2 Å². The van der Waals surface area contributed by atoms with Crippen LogP contribution in [0, 0.1) is 0 Å². The van der Waals surface area contributed by atoms with Crippen LogP contribution in [0.2, 0.25) is 10.0 Å². The smallest absolute Gasteiger partial charge is 0.0697 e. The van der Waals surface area contributed by atoms with Crippen LogP contribution in [-0.4, -0.2) is 31.5 Å². The van der Waals surface area contributed by atoms with Crippen molar-refractivity contribution >= 4 is 23.2 Å². The SMILES string of the molecule is CC(NCCCOCCO)c1cc(Cl)ccc1Cl. The first-order valence-electron chi connectivity index (χ1n) is 6.02. The number of rotatable bonds is 8. The minimum atomic E-state index is 0.0714. The molecule has 3 nitrogen and oxygen atoms in total. The lowest BCUT2D eigenvalue weighted by atomic mass is 10.1. The van der Waals surface area contributed by atoms with E-state index in [4.69, 9.17) is 33.0 Å². The molecule has 1 aromatic carbocycles. The van der Waals surface area contributed by atoms with E-state index in [1.165, 1.54) is 0 Å². The molecule has 0 aliphatic rings. The minimum Gasteiger partial charge on any atom is -0.394 e. The van der Waals surface area contributed by atoms with E-state index >= 15 is 0 Å². The summed E-state index contributed by atoms with van der Waals surface area (Å²) in [6.45, 7) is 3.99. The quantitative estimate of drug-likeness (QED) is 0.724. The van der Waals surface area contributed by atoms with E-state index in [-0.39, 0.29) is 12.6 Å². The second-order valence-corrected chi connectivity index (χ2v) is 4.87. The Morgan fingerprint density at radius 3 is 2.83 bits per heavy atom. The van der Waals surface area contributed by atoms with Gasteiger partial charge in [0.15, 0.2) is 0 Å². The summed E-state index contributed by atoms with van der Waals surface area (Å²) < 4.78 is 5.18. The Bertz CT molecular complexity index is 361. The van der Waals surface area contributed by atoms with Gasteiger partial charge in [-0.3, -0.25) is 0 Å². The lowest BCUT2D eigenvalue weighted by molar-refractivity contribution is 0.0904. The zero-order valence-corrected chi connectivity index (χ0v) is 12.0. The van der Waals surface area contributed by atoms with Crippen LogP contribution in [0.15, 0.2) is 18.2 Å². The van der Waals surface area contributed by atoms with Crippen molar-refractivity contribution in [3.63, 3.8) is 0 Å². The summed E-state index contributed by atoms with van der Waals surface area (Å²) in [7, 11) is 0. The van der Waals surface area contributed by atoms with E-state index in [1.54, 1.807) is 6.07 Å². The number of aliphatic hydroxyl groups is 1. The molecule has 1 rings (SSSR count). The van der Waals surface area contributed by atoms with Crippen LogP contribution in [0.3, 0.4) is 0 Å². The maximum atomic E-state index is 8.55. The molecule has 0 aromatic heterocycles. The number of halogens is 2. The Kier molecular flexibility index (Phi) is 7.63. The molecule has 2 N–H and O–H groups in total. The largest absolute Gasteiger partial charge is 0.394 e. The summed E-state index contributed by atoms with van der Waals surface area (Å²) in [4.78, 5) is 0. The summed E-state index contributed by atoms with van der Waals surface area (Å²) in [6.07, 6.45) is 0.891. The van der Waals surface area contributed by atoms with Crippen molar-refractivity contribution in [2.75, 3.05) is 26.4 Å². The molecule has 5 heteroatoms. The molecule has 0 saturated carbocycles. The number of hydrogen-bond acceptors (Lipinski definition) is 3. The third-order valence-electron chi connectivity index (χ3n) is 2.58. The van der Waals surface area contributed by atoms with E-state index in [9.17, 15) is 0 Å². The van der Waals surface area contributed by atoms with Crippen LogP contribution < -0.4 is 5.32 Å². The Balaban J connectivity index is 2.31. The van der Waals surface area contributed by atoms with Gasteiger partial charge in [0.25, 0.3) is 0 Å². The van der Waals surface area contributed by atoms with Crippen LogP contribution in [0.5, 0.6) is 0 Å². The molecule has 0 saturated heterocycles. The predicted octanol–water partition coefficient (Wildman–Crippen LogP) is 3.04. The van der Waals surface area contributed by atoms with Crippen LogP contribution in [-0.2, 0) is 4.74 Å². The van der Waals surface area contributed by atoms with Gasteiger partial charge in [0.05, 0.1) is 13.2 Å². The van der Waals surface area contributed by atoms with E-state index < -0.39 is 0 Å². The summed E-state index contributed by atoms with van der Waals surface area (Å²) in [5.74, 6) is 0. The molecule has 1 atom stereocenters. The van der Waals surface area contributed by atoms with Gasteiger partial charge >= 0.3 is 0 Å². The molecule has 0 aliphatic heterocycles. The minimum absolute atomic E-state index is 0.0714. The van der Waals surface area contributed by atoms with E-state index in [2.05, 4.69) is 5.32 Å². The fourth-order valence-electron chi connectivity index (χ4n) is 1.62. The van der Waals surface area contributed by atoms with Gasteiger partial charge in [-0.2, -0.15) is 0 Å². The second kappa shape index (κ2) is 8.73. The summed E-state index contributed by atoms with van der Waals surface area (Å²) in [6, 6.07) is 5.61. The monoisotopic (exact) mass is 291 g/mol. The first-order valence-corrected chi connectivity index (χ1v) is 6.77. The van der Waals surface area contributed by atoms with Crippen molar-refractivity contribution in [3.05, 3.63) is 33.8 Å². The Morgan fingerprint density at radius 2 is 2.11 bits per heavy atom. The summed E-state index contributed by atoms with van der Waals surface area (Å²) >= 11 is 12.1. The van der Waals surface area contributed by atoms with Crippen LogP contribution >= 0.6 is 23.2 Å². The maximum Gasteiger partial charge on any atom is 0.0697 e. The molecule has 1 unspecified atom stereocenters. The van der Waals surface area contributed by atoms with Gasteiger partial charge in [0.1, 0.15) is 0 Å². The molecular weight excluding hydrogens is 273 g/mol. The number of benzene rings is 1. The van der Waals surface area contributed by atoms with Crippen molar-refractivity contribution < 1.29 is 9.84 Å². The highest BCUT2D eigenvalue weighted by Crippen LogP contribution is 2.25. The molecule has 0 bridgehead atoms. The zero-order chi connectivity index (χ0) is 13.4. The average Bonchev–Trinajstić information content (AvgIpc) is 2.36. The maximum absolute atomic E-state index is 8.55. The molecular formula is C13H19Cl2NO2. The first-order chi connectivity index (χ1) is 8.65. The Morgan fingerprint density at radius 1 is 1.33 bits per heavy atom. The Labute approximate surface area is 118 Å². The molecule has 102 valence electrons. The second-order valence-electron chi connectivity index (χ2n) is 4.03. The van der Waals surface area contributed by atoms with Crippen molar-refractivity contribution in [1.29, 1.82) is 0 Å². The first kappa shape index (κ1) is 15.7. The lowest BCUT2D eigenvalue weighted by Gasteiger charge is -2.16. The van der Waals surface area contributed by atoms with Crippen molar-refractivity contribution in [2.45, 2.75) is 19.4 Å². The normalized spacial score (nSPS) is 12.7. The van der Waals surface area contributed by atoms with Crippen molar-refractivity contribution in [2.24, 2.45) is 0 Å². The van der Waals surface area contributed by atoms with Gasteiger partial charge in [0, 0.05) is 22.7 Å². The lowest BCUT2D eigenvalue weighted by Crippen LogP contribution is -2.21. The highest BCUT2D eigenvalue weighted by Gasteiger charge is 2.09. The van der Waals surface area contributed by atoms with Crippen LogP contribution in [0.1, 0.15) is 24.9 Å². The average molecular weight is 292 g/mol. The zero-order valence-electron chi connectivity index (χ0n) is 10.5. The summed E-state index contributed by atoms with van der Waals surface area (Å²) in [5.41, 5.74) is 1.00.